The number of piperidine rings is 1. The van der Waals surface area contributed by atoms with Crippen molar-refractivity contribution in [1.82, 2.24) is 19.5 Å². The fraction of sp³-hybridized carbons (Fsp3) is 0.263. The molecule has 3 aromatic rings. The summed E-state index contributed by atoms with van der Waals surface area (Å²) in [5.41, 5.74) is -1.49. The second-order valence-electron chi connectivity index (χ2n) is 6.67. The molecule has 4 rings (SSSR count). The summed E-state index contributed by atoms with van der Waals surface area (Å²) in [5.74, 6) is -1.05. The van der Waals surface area contributed by atoms with E-state index in [1.165, 1.54) is 17.0 Å². The van der Waals surface area contributed by atoms with Crippen molar-refractivity contribution < 1.29 is 27.2 Å². The molecular weight excluding hydrogens is 392 g/mol. The van der Waals surface area contributed by atoms with Crippen LogP contribution in [0.1, 0.15) is 28.9 Å². The molecule has 10 heteroatoms. The van der Waals surface area contributed by atoms with Crippen LogP contribution in [-0.4, -0.2) is 44.3 Å². The number of hydrogen-bond acceptors (Lipinski definition) is 4. The molecule has 3 heterocycles. The number of benzene rings is 1. The second-order valence-corrected chi connectivity index (χ2v) is 6.67. The highest BCUT2D eigenvalue weighted by Gasteiger charge is 2.36. The van der Waals surface area contributed by atoms with Crippen molar-refractivity contribution in [3.05, 3.63) is 53.6 Å². The number of hydrogen-bond donors (Lipinski definition) is 0. The van der Waals surface area contributed by atoms with Gasteiger partial charge < -0.3 is 4.90 Å². The number of imidazole rings is 1. The highest BCUT2D eigenvalue weighted by molar-refractivity contribution is 5.94. The van der Waals surface area contributed by atoms with Crippen LogP contribution in [0.15, 0.2) is 36.5 Å². The Hall–Kier alpha value is -3.30. The van der Waals surface area contributed by atoms with Crippen LogP contribution in [-0.2, 0) is 11.0 Å². The van der Waals surface area contributed by atoms with Crippen molar-refractivity contribution in [1.29, 1.82) is 0 Å². The van der Waals surface area contributed by atoms with E-state index in [1.807, 2.05) is 0 Å². The number of halogens is 4. The molecule has 0 N–H and O–H groups in total. The Balaban J connectivity index is 1.79. The van der Waals surface area contributed by atoms with E-state index in [2.05, 4.69) is 10.1 Å². The first-order valence-corrected chi connectivity index (χ1v) is 8.77. The lowest BCUT2D eigenvalue weighted by molar-refractivity contribution is -0.136. The third kappa shape index (κ3) is 3.69. The van der Waals surface area contributed by atoms with Gasteiger partial charge in [-0.05, 0) is 30.3 Å². The van der Waals surface area contributed by atoms with Crippen molar-refractivity contribution in [2.75, 3.05) is 13.1 Å². The largest absolute Gasteiger partial charge is 0.420 e. The number of rotatable bonds is 2. The summed E-state index contributed by atoms with van der Waals surface area (Å²) < 4.78 is 54.9. The molecule has 0 saturated carbocycles. The molecule has 0 bridgehead atoms. The van der Waals surface area contributed by atoms with Crippen LogP contribution in [0, 0.1) is 5.82 Å². The number of amides is 1. The summed E-state index contributed by atoms with van der Waals surface area (Å²) in [6.45, 7) is 0.401. The van der Waals surface area contributed by atoms with Crippen LogP contribution in [0.3, 0.4) is 0 Å². The number of carbonyl (C=O) groups excluding carboxylic acids is 2. The number of nitrogens with zero attached hydrogens (tertiary/aromatic N) is 4. The molecular formula is C19H14F4N4O2. The van der Waals surface area contributed by atoms with Gasteiger partial charge in [-0.15, -0.1) is 0 Å². The topological polar surface area (TPSA) is 67.6 Å². The number of alkyl halides is 3. The Bertz CT molecular complexity index is 1100. The van der Waals surface area contributed by atoms with Gasteiger partial charge in [0.25, 0.3) is 5.91 Å². The lowest BCUT2D eigenvalue weighted by Crippen LogP contribution is -2.38. The first-order valence-electron chi connectivity index (χ1n) is 8.77. The van der Waals surface area contributed by atoms with E-state index in [0.717, 1.165) is 28.9 Å². The molecule has 0 spiro atoms. The average Bonchev–Trinajstić information content (AvgIpc) is 3.11. The molecule has 2 aromatic heterocycles. The molecule has 1 saturated heterocycles. The summed E-state index contributed by atoms with van der Waals surface area (Å²) in [6, 6.07) is 5.70. The summed E-state index contributed by atoms with van der Waals surface area (Å²) in [5, 5.41) is 4.12. The molecule has 1 aliphatic heterocycles. The molecule has 1 aliphatic rings. The maximum atomic E-state index is 13.6. The minimum atomic E-state index is -4.73. The van der Waals surface area contributed by atoms with Crippen LogP contribution in [0.25, 0.3) is 16.9 Å². The van der Waals surface area contributed by atoms with Crippen molar-refractivity contribution in [2.45, 2.75) is 19.0 Å². The summed E-state index contributed by atoms with van der Waals surface area (Å²) in [7, 11) is 0. The number of ketones is 1. The third-order valence-electron chi connectivity index (χ3n) is 4.70. The van der Waals surface area contributed by atoms with Crippen LogP contribution in [0.4, 0.5) is 17.6 Å². The van der Waals surface area contributed by atoms with Gasteiger partial charge in [-0.1, -0.05) is 0 Å². The van der Waals surface area contributed by atoms with Gasteiger partial charge in [-0.25, -0.2) is 13.9 Å². The number of aromatic nitrogens is 3. The van der Waals surface area contributed by atoms with E-state index in [0.29, 0.717) is 0 Å². The number of likely N-dealkylation sites (tertiary alicyclic amines) is 1. The SMILES string of the molecule is O=C1CCN(C(=O)c2cn3nc(-c4ccc(F)cc4)cc(C(F)(F)F)c3n2)CC1. The molecule has 0 atom stereocenters. The first kappa shape index (κ1) is 19.0. The van der Waals surface area contributed by atoms with Gasteiger partial charge in [-0.2, -0.15) is 18.3 Å². The monoisotopic (exact) mass is 406 g/mol. The van der Waals surface area contributed by atoms with Crippen LogP contribution >= 0.6 is 0 Å². The first-order chi connectivity index (χ1) is 13.7. The fourth-order valence-electron chi connectivity index (χ4n) is 3.17. The Morgan fingerprint density at radius 2 is 1.72 bits per heavy atom. The van der Waals surface area contributed by atoms with Crippen LogP contribution in [0.5, 0.6) is 0 Å². The average molecular weight is 406 g/mol. The van der Waals surface area contributed by atoms with Crippen LogP contribution in [0.2, 0.25) is 0 Å². The predicted octanol–water partition coefficient (Wildman–Crippen LogP) is 3.36. The molecule has 0 aliphatic carbocycles. The number of carbonyl (C=O) groups is 2. The standard InChI is InChI=1S/C19H14F4N4O2/c20-12-3-1-11(2-4-12)15-9-14(19(21,22)23)17-24-16(10-27(17)25-15)18(29)26-7-5-13(28)6-8-26/h1-4,9-10H,5-8H2. The van der Waals surface area contributed by atoms with Crippen molar-refractivity contribution in [2.24, 2.45) is 0 Å². The Labute approximate surface area is 161 Å². The van der Waals surface area contributed by atoms with Crippen molar-refractivity contribution in [3.8, 4) is 11.3 Å². The van der Waals surface area contributed by atoms with E-state index in [-0.39, 0.29) is 48.7 Å². The molecule has 1 aromatic carbocycles. The Kier molecular flexibility index (Phi) is 4.56. The van der Waals surface area contributed by atoms with Gasteiger partial charge >= 0.3 is 6.18 Å². The number of Topliss-reactive ketones (excluding diaryl/α,β-unsaturated/α-hetero) is 1. The second kappa shape index (κ2) is 6.94. The highest BCUT2D eigenvalue weighted by atomic mass is 19.4. The molecule has 29 heavy (non-hydrogen) atoms. The molecule has 1 fully saturated rings. The maximum absolute atomic E-state index is 13.6. The van der Waals surface area contributed by atoms with E-state index >= 15 is 0 Å². The lowest BCUT2D eigenvalue weighted by Gasteiger charge is -2.25. The van der Waals surface area contributed by atoms with E-state index in [9.17, 15) is 27.2 Å². The normalized spacial score (nSPS) is 15.2. The maximum Gasteiger partial charge on any atom is 0.420 e. The predicted molar refractivity (Wildman–Crippen MR) is 93.5 cm³/mol. The minimum Gasteiger partial charge on any atom is -0.336 e. The molecule has 150 valence electrons. The van der Waals surface area contributed by atoms with E-state index < -0.39 is 29.1 Å². The zero-order chi connectivity index (χ0) is 20.8. The van der Waals surface area contributed by atoms with Gasteiger partial charge in [0.05, 0.1) is 11.9 Å². The molecule has 1 amide bonds. The molecule has 6 nitrogen and oxygen atoms in total. The lowest BCUT2D eigenvalue weighted by atomic mass is 10.1. The smallest absolute Gasteiger partial charge is 0.336 e. The summed E-state index contributed by atoms with van der Waals surface area (Å²) in [4.78, 5) is 29.2. The van der Waals surface area contributed by atoms with Crippen LogP contribution < -0.4 is 0 Å². The molecule has 0 radical (unpaired) electrons. The van der Waals surface area contributed by atoms with E-state index in [4.69, 9.17) is 0 Å². The van der Waals surface area contributed by atoms with Gasteiger partial charge in [0.1, 0.15) is 22.9 Å². The Morgan fingerprint density at radius 1 is 1.07 bits per heavy atom. The highest BCUT2D eigenvalue weighted by Crippen LogP contribution is 2.34. The van der Waals surface area contributed by atoms with Gasteiger partial charge in [0.2, 0.25) is 0 Å². The minimum absolute atomic E-state index is 0.0361. The molecule has 0 unspecified atom stereocenters. The quantitative estimate of drug-likeness (QED) is 0.612. The fourth-order valence-corrected chi connectivity index (χ4v) is 3.17. The Morgan fingerprint density at radius 3 is 2.34 bits per heavy atom. The van der Waals surface area contributed by atoms with Crippen molar-refractivity contribution >= 4 is 17.3 Å². The third-order valence-corrected chi connectivity index (χ3v) is 4.70. The summed E-state index contributed by atoms with van der Waals surface area (Å²) in [6.07, 6.45) is -3.18. The number of fused-ring (bicyclic) bond motifs is 1. The van der Waals surface area contributed by atoms with Crippen molar-refractivity contribution in [3.63, 3.8) is 0 Å². The summed E-state index contributed by atoms with van der Waals surface area (Å²) >= 11 is 0. The van der Waals surface area contributed by atoms with Gasteiger partial charge in [-0.3, -0.25) is 9.59 Å². The zero-order valence-electron chi connectivity index (χ0n) is 14.9. The zero-order valence-corrected chi connectivity index (χ0v) is 14.9. The van der Waals surface area contributed by atoms with Gasteiger partial charge in [0.15, 0.2) is 5.65 Å². The van der Waals surface area contributed by atoms with E-state index in [1.54, 1.807) is 0 Å². The van der Waals surface area contributed by atoms with Gasteiger partial charge in [0, 0.05) is 31.5 Å².